The molecule has 0 saturated heterocycles. The van der Waals surface area contributed by atoms with Crippen LogP contribution in [0.3, 0.4) is 0 Å². The van der Waals surface area contributed by atoms with E-state index in [0.29, 0.717) is 11.8 Å². The van der Waals surface area contributed by atoms with Crippen LogP contribution in [0.25, 0.3) is 22.4 Å². The smallest absolute Gasteiger partial charge is 0.181 e. The summed E-state index contributed by atoms with van der Waals surface area (Å²) in [4.78, 5) is -1.04. The van der Waals surface area contributed by atoms with Crippen molar-refractivity contribution in [1.82, 2.24) is 5.16 Å². The van der Waals surface area contributed by atoms with Gasteiger partial charge in [0.25, 0.3) is 0 Å². The van der Waals surface area contributed by atoms with E-state index in [2.05, 4.69) is 21.1 Å². The molecule has 0 aliphatic carbocycles. The van der Waals surface area contributed by atoms with E-state index in [0.717, 1.165) is 22.2 Å². The average molecular weight is 460 g/mol. The summed E-state index contributed by atoms with van der Waals surface area (Å²) in [5.74, 6) is -2.75. The lowest BCUT2D eigenvalue weighted by Crippen LogP contribution is -2.05. The standard InChI is InChI=1S/C18H13BrF3NO3S/c1-9-3-4-10(5-12(9)19)17-16(15(8-20)26-23-17)11-6-13(21)18(14(22)7-11)27(2,24)25/h3-7H,8H2,1-2H3. The Hall–Kier alpha value is -2.13. The lowest BCUT2D eigenvalue weighted by Gasteiger charge is -2.08. The van der Waals surface area contributed by atoms with Crippen molar-refractivity contribution in [3.05, 3.63) is 57.8 Å². The van der Waals surface area contributed by atoms with Crippen LogP contribution in [0.2, 0.25) is 0 Å². The fraction of sp³-hybridized carbons (Fsp3) is 0.167. The lowest BCUT2D eigenvalue weighted by molar-refractivity contribution is 0.332. The van der Waals surface area contributed by atoms with Crippen LogP contribution in [0.15, 0.2) is 44.2 Å². The molecular formula is C18H13BrF3NO3S. The summed E-state index contributed by atoms with van der Waals surface area (Å²) in [5.41, 5.74) is 1.67. The largest absolute Gasteiger partial charge is 0.357 e. The molecule has 0 unspecified atom stereocenters. The van der Waals surface area contributed by atoms with E-state index < -0.39 is 33.0 Å². The van der Waals surface area contributed by atoms with Crippen LogP contribution in [-0.2, 0) is 16.5 Å². The molecule has 0 aliphatic rings. The van der Waals surface area contributed by atoms with Gasteiger partial charge in [-0.15, -0.1) is 0 Å². The predicted molar refractivity (Wildman–Crippen MR) is 97.6 cm³/mol. The third kappa shape index (κ3) is 3.66. The summed E-state index contributed by atoms with van der Waals surface area (Å²) in [6.45, 7) is 0.825. The second kappa shape index (κ2) is 7.12. The third-order valence-corrected chi connectivity index (χ3v) is 5.97. The zero-order valence-corrected chi connectivity index (χ0v) is 16.6. The maximum Gasteiger partial charge on any atom is 0.181 e. The summed E-state index contributed by atoms with van der Waals surface area (Å²) >= 11 is 3.38. The summed E-state index contributed by atoms with van der Waals surface area (Å²) in [6, 6.07) is 6.88. The Morgan fingerprint density at radius 3 is 2.26 bits per heavy atom. The first-order valence-electron chi connectivity index (χ1n) is 7.64. The summed E-state index contributed by atoms with van der Waals surface area (Å²) in [7, 11) is -4.11. The van der Waals surface area contributed by atoms with Gasteiger partial charge in [0.05, 0.1) is 5.56 Å². The van der Waals surface area contributed by atoms with Crippen LogP contribution < -0.4 is 0 Å². The van der Waals surface area contributed by atoms with E-state index >= 15 is 0 Å². The maximum absolute atomic E-state index is 14.3. The molecule has 0 aliphatic heterocycles. The molecule has 3 rings (SSSR count). The number of benzene rings is 2. The molecule has 1 heterocycles. The molecule has 9 heteroatoms. The average Bonchev–Trinajstić information content (AvgIpc) is 2.99. The van der Waals surface area contributed by atoms with Gasteiger partial charge in [-0.05, 0) is 36.2 Å². The minimum atomic E-state index is -4.11. The van der Waals surface area contributed by atoms with Gasteiger partial charge in [-0.3, -0.25) is 0 Å². The van der Waals surface area contributed by atoms with Gasteiger partial charge in [0.15, 0.2) is 22.3 Å². The van der Waals surface area contributed by atoms with Crippen molar-refractivity contribution in [2.75, 3.05) is 6.26 Å². The van der Waals surface area contributed by atoms with Crippen LogP contribution in [0.1, 0.15) is 11.3 Å². The Kier molecular flexibility index (Phi) is 5.18. The molecule has 3 aromatic rings. The number of aryl methyl sites for hydroxylation is 1. The molecular weight excluding hydrogens is 447 g/mol. The Morgan fingerprint density at radius 2 is 1.74 bits per heavy atom. The molecule has 1 aromatic heterocycles. The van der Waals surface area contributed by atoms with E-state index in [1.54, 1.807) is 18.2 Å². The Bertz CT molecular complexity index is 1120. The molecule has 142 valence electrons. The molecule has 0 radical (unpaired) electrons. The molecule has 4 nitrogen and oxygen atoms in total. The first-order chi connectivity index (χ1) is 12.6. The van der Waals surface area contributed by atoms with Gasteiger partial charge in [0.2, 0.25) is 0 Å². The summed E-state index contributed by atoms with van der Waals surface area (Å²) < 4.78 is 70.9. The molecule has 0 N–H and O–H groups in total. The normalized spacial score (nSPS) is 11.8. The van der Waals surface area contributed by atoms with E-state index in [-0.39, 0.29) is 22.6 Å². The van der Waals surface area contributed by atoms with Gasteiger partial charge in [0.1, 0.15) is 22.2 Å². The van der Waals surface area contributed by atoms with Gasteiger partial charge < -0.3 is 4.52 Å². The second-order valence-electron chi connectivity index (χ2n) is 5.97. The molecule has 27 heavy (non-hydrogen) atoms. The van der Waals surface area contributed by atoms with E-state index in [9.17, 15) is 21.6 Å². The van der Waals surface area contributed by atoms with Crippen LogP contribution in [0.5, 0.6) is 0 Å². The topological polar surface area (TPSA) is 60.2 Å². The lowest BCUT2D eigenvalue weighted by atomic mass is 9.98. The van der Waals surface area contributed by atoms with Crippen LogP contribution in [0.4, 0.5) is 13.2 Å². The first kappa shape index (κ1) is 19.6. The Balaban J connectivity index is 2.26. The van der Waals surface area contributed by atoms with Gasteiger partial charge in [-0.1, -0.05) is 33.2 Å². The minimum absolute atomic E-state index is 0.0612. The highest BCUT2D eigenvalue weighted by molar-refractivity contribution is 9.10. The fourth-order valence-electron chi connectivity index (χ4n) is 2.71. The molecule has 0 fully saturated rings. The molecule has 0 bridgehead atoms. The number of alkyl halides is 1. The van der Waals surface area contributed by atoms with Gasteiger partial charge in [-0.25, -0.2) is 21.6 Å². The van der Waals surface area contributed by atoms with Crippen molar-refractivity contribution in [1.29, 1.82) is 0 Å². The molecule has 0 atom stereocenters. The fourth-order valence-corrected chi connectivity index (χ4v) is 3.91. The number of hydrogen-bond acceptors (Lipinski definition) is 4. The quantitative estimate of drug-likeness (QED) is 0.535. The summed E-state index contributed by atoms with van der Waals surface area (Å²) in [6.07, 6.45) is 0.704. The first-order valence-corrected chi connectivity index (χ1v) is 10.3. The van der Waals surface area contributed by atoms with Gasteiger partial charge in [-0.2, -0.15) is 0 Å². The van der Waals surface area contributed by atoms with Crippen molar-refractivity contribution in [2.24, 2.45) is 0 Å². The van der Waals surface area contributed by atoms with Crippen molar-refractivity contribution >= 4 is 25.8 Å². The zero-order valence-electron chi connectivity index (χ0n) is 14.2. The predicted octanol–water partition coefficient (Wildman–Crippen LogP) is 5.23. The van der Waals surface area contributed by atoms with Crippen molar-refractivity contribution in [2.45, 2.75) is 18.5 Å². The number of sulfone groups is 1. The molecule has 0 amide bonds. The SMILES string of the molecule is Cc1ccc(-c2noc(CF)c2-c2cc(F)c(S(C)(=O)=O)c(F)c2)cc1Br. The zero-order chi connectivity index (χ0) is 19.9. The summed E-state index contributed by atoms with van der Waals surface area (Å²) in [5, 5.41) is 3.84. The third-order valence-electron chi connectivity index (χ3n) is 3.99. The van der Waals surface area contributed by atoms with Gasteiger partial charge in [0, 0.05) is 16.3 Å². The van der Waals surface area contributed by atoms with Crippen LogP contribution >= 0.6 is 15.9 Å². The maximum atomic E-state index is 14.3. The van der Waals surface area contributed by atoms with Crippen molar-refractivity contribution in [3.8, 4) is 22.4 Å². The Morgan fingerprint density at radius 1 is 1.11 bits per heavy atom. The highest BCUT2D eigenvalue weighted by Crippen LogP contribution is 2.38. The number of nitrogens with zero attached hydrogens (tertiary/aromatic N) is 1. The van der Waals surface area contributed by atoms with Crippen molar-refractivity contribution < 1.29 is 26.1 Å². The van der Waals surface area contributed by atoms with E-state index in [1.807, 2.05) is 6.92 Å². The van der Waals surface area contributed by atoms with Gasteiger partial charge >= 0.3 is 0 Å². The number of aromatic nitrogens is 1. The monoisotopic (exact) mass is 459 g/mol. The molecule has 0 spiro atoms. The highest BCUT2D eigenvalue weighted by Gasteiger charge is 2.25. The number of hydrogen-bond donors (Lipinski definition) is 0. The second-order valence-corrected chi connectivity index (χ2v) is 8.78. The number of rotatable bonds is 4. The van der Waals surface area contributed by atoms with Crippen LogP contribution in [-0.4, -0.2) is 19.8 Å². The van der Waals surface area contributed by atoms with E-state index in [4.69, 9.17) is 4.52 Å². The highest BCUT2D eigenvalue weighted by atomic mass is 79.9. The van der Waals surface area contributed by atoms with E-state index in [1.165, 1.54) is 0 Å². The Labute approximate surface area is 162 Å². The minimum Gasteiger partial charge on any atom is -0.357 e. The van der Waals surface area contributed by atoms with Crippen LogP contribution in [0, 0.1) is 18.6 Å². The van der Waals surface area contributed by atoms with Crippen molar-refractivity contribution in [3.63, 3.8) is 0 Å². The number of halogens is 4. The molecule has 0 saturated carbocycles. The molecule has 2 aromatic carbocycles.